The molecule has 1 aromatic heterocycles. The van der Waals surface area contributed by atoms with Crippen molar-refractivity contribution in [2.45, 2.75) is 65.8 Å². The molecule has 3 N–H and O–H groups in total. The molecule has 31 heavy (non-hydrogen) atoms. The third-order valence-corrected chi connectivity index (χ3v) is 6.02. The summed E-state index contributed by atoms with van der Waals surface area (Å²) < 4.78 is 0. The van der Waals surface area contributed by atoms with E-state index >= 15 is 0 Å². The Labute approximate surface area is 193 Å². The predicted octanol–water partition coefficient (Wildman–Crippen LogP) is 3.67. The molecule has 172 valence electrons. The Bertz CT molecular complexity index is 831. The minimum atomic E-state index is -1.87. The fraction of sp³-hybridized carbons (Fsp3) is 0.478. The normalized spacial score (nSPS) is 15.6. The maximum Gasteiger partial charge on any atom is 0.255 e. The summed E-state index contributed by atoms with van der Waals surface area (Å²) in [5.41, 5.74) is 1.69. The van der Waals surface area contributed by atoms with E-state index in [1.54, 1.807) is 30.4 Å². The quantitative estimate of drug-likeness (QED) is 0.432. The molecule has 0 aliphatic carbocycles. The number of nitrogens with zero attached hydrogens (tertiary/aromatic N) is 1. The molecule has 0 saturated carbocycles. The van der Waals surface area contributed by atoms with Crippen LogP contribution in [0, 0.1) is 6.92 Å². The van der Waals surface area contributed by atoms with Crippen LogP contribution in [-0.4, -0.2) is 51.7 Å². The first-order valence-corrected chi connectivity index (χ1v) is 11.6. The van der Waals surface area contributed by atoms with Gasteiger partial charge in [0, 0.05) is 23.0 Å². The van der Waals surface area contributed by atoms with Gasteiger partial charge in [0.2, 0.25) is 0 Å². The largest absolute Gasteiger partial charge is 0.380 e. The first kappa shape index (κ1) is 27.1. The molecule has 3 atom stereocenters. The summed E-state index contributed by atoms with van der Waals surface area (Å²) in [6, 6.07) is 1.55. The highest BCUT2D eigenvalue weighted by molar-refractivity contribution is 7.10. The van der Waals surface area contributed by atoms with Crippen LogP contribution >= 0.6 is 22.9 Å². The number of aliphatic hydroxyl groups excluding tert-OH is 2. The van der Waals surface area contributed by atoms with Crippen molar-refractivity contribution >= 4 is 34.8 Å². The molecule has 1 heterocycles. The fourth-order valence-electron chi connectivity index (χ4n) is 3.19. The maximum absolute atomic E-state index is 13.0. The fourth-order valence-corrected chi connectivity index (χ4v) is 4.02. The van der Waals surface area contributed by atoms with Crippen molar-refractivity contribution in [2.75, 3.05) is 6.54 Å². The summed E-state index contributed by atoms with van der Waals surface area (Å²) in [6.07, 6.45) is 4.04. The van der Waals surface area contributed by atoms with Crippen molar-refractivity contribution in [1.82, 2.24) is 10.2 Å². The van der Waals surface area contributed by atoms with Crippen LogP contribution in [0.2, 0.25) is 0 Å². The van der Waals surface area contributed by atoms with Gasteiger partial charge in [-0.1, -0.05) is 36.8 Å². The second-order valence-electron chi connectivity index (χ2n) is 7.04. The lowest BCUT2D eigenvalue weighted by molar-refractivity contribution is -0.154. The van der Waals surface area contributed by atoms with Crippen molar-refractivity contribution < 1.29 is 19.8 Å². The van der Waals surface area contributed by atoms with E-state index in [1.807, 2.05) is 51.3 Å². The Morgan fingerprint density at radius 3 is 2.42 bits per heavy atom. The lowest BCUT2D eigenvalue weighted by Gasteiger charge is -2.33. The smallest absolute Gasteiger partial charge is 0.255 e. The minimum absolute atomic E-state index is 0.215. The molecule has 0 bridgehead atoms. The van der Waals surface area contributed by atoms with Crippen LogP contribution in [0.1, 0.15) is 44.6 Å². The number of thiophene rings is 1. The van der Waals surface area contributed by atoms with Gasteiger partial charge in [-0.25, -0.2) is 0 Å². The number of carbonyl (C=O) groups is 2. The topological polar surface area (TPSA) is 89.9 Å². The summed E-state index contributed by atoms with van der Waals surface area (Å²) >= 11 is 7.72. The number of likely N-dealkylation sites (N-methyl/N-ethyl adjacent to an activating group) is 1. The van der Waals surface area contributed by atoms with Crippen molar-refractivity contribution in [2.24, 2.45) is 0 Å². The molecule has 1 rings (SSSR count). The van der Waals surface area contributed by atoms with Gasteiger partial charge in [0.1, 0.15) is 0 Å². The highest BCUT2D eigenvalue weighted by Crippen LogP contribution is 2.21. The molecule has 0 aromatic carbocycles. The first-order chi connectivity index (χ1) is 14.7. The zero-order valence-corrected chi connectivity index (χ0v) is 20.3. The van der Waals surface area contributed by atoms with Gasteiger partial charge >= 0.3 is 0 Å². The Morgan fingerprint density at radius 1 is 1.26 bits per heavy atom. The molecule has 0 fully saturated rings. The van der Waals surface area contributed by atoms with Gasteiger partial charge in [0.15, 0.2) is 12.2 Å². The predicted molar refractivity (Wildman–Crippen MR) is 127 cm³/mol. The molecule has 2 amide bonds. The van der Waals surface area contributed by atoms with E-state index in [4.69, 9.17) is 11.6 Å². The summed E-state index contributed by atoms with van der Waals surface area (Å²) in [6.45, 7) is 9.83. The molecule has 0 saturated heterocycles. The van der Waals surface area contributed by atoms with Gasteiger partial charge in [0.25, 0.3) is 11.8 Å². The van der Waals surface area contributed by atoms with Crippen molar-refractivity contribution in [1.29, 1.82) is 0 Å². The molecule has 1 aromatic rings. The van der Waals surface area contributed by atoms with Crippen LogP contribution in [0.3, 0.4) is 0 Å². The van der Waals surface area contributed by atoms with Crippen molar-refractivity contribution in [3.8, 4) is 0 Å². The van der Waals surface area contributed by atoms with E-state index in [1.165, 1.54) is 4.90 Å². The van der Waals surface area contributed by atoms with E-state index in [0.717, 1.165) is 16.0 Å². The molecule has 0 aliphatic heterocycles. The van der Waals surface area contributed by atoms with E-state index in [9.17, 15) is 19.8 Å². The number of nitrogens with one attached hydrogen (secondary N) is 1. The highest BCUT2D eigenvalue weighted by Gasteiger charge is 2.35. The van der Waals surface area contributed by atoms with Gasteiger partial charge in [-0.2, -0.15) is 0 Å². The molecule has 0 aliphatic rings. The third-order valence-electron chi connectivity index (χ3n) is 4.78. The first-order valence-electron chi connectivity index (χ1n) is 10.3. The Balaban J connectivity index is 2.97. The monoisotopic (exact) mass is 468 g/mol. The average Bonchev–Trinajstić information content (AvgIpc) is 3.18. The average molecular weight is 469 g/mol. The number of allylic oxidation sites excluding steroid dienone is 4. The summed E-state index contributed by atoms with van der Waals surface area (Å²) in [5.74, 6) is -1.51. The maximum atomic E-state index is 13.0. The van der Waals surface area contributed by atoms with Crippen LogP contribution < -0.4 is 5.32 Å². The van der Waals surface area contributed by atoms with Crippen LogP contribution in [-0.2, 0) is 16.1 Å². The third kappa shape index (κ3) is 7.92. The molecular formula is C23H33ClN2O4S. The highest BCUT2D eigenvalue weighted by atomic mass is 35.5. The van der Waals surface area contributed by atoms with Crippen molar-refractivity contribution in [3.63, 3.8) is 0 Å². The second-order valence-corrected chi connectivity index (χ2v) is 8.59. The molecule has 2 unspecified atom stereocenters. The molecule has 8 heteroatoms. The van der Waals surface area contributed by atoms with E-state index in [-0.39, 0.29) is 12.6 Å². The SMILES string of the molecule is C\C=C/C(=C\C(Cl)=C/C)[C@@H](CC)N(CC)C(=O)C(O)C(O)C(=O)NCc1csc(C)c1. The number of hydrogen-bond acceptors (Lipinski definition) is 5. The van der Waals surface area contributed by atoms with E-state index in [2.05, 4.69) is 5.32 Å². The van der Waals surface area contributed by atoms with Crippen molar-refractivity contribution in [3.05, 3.63) is 56.8 Å². The number of aliphatic hydroxyl groups is 2. The van der Waals surface area contributed by atoms with Crippen LogP contribution in [0.5, 0.6) is 0 Å². The van der Waals surface area contributed by atoms with Crippen LogP contribution in [0.15, 0.2) is 46.4 Å². The lowest BCUT2D eigenvalue weighted by Crippen LogP contribution is -2.53. The number of halogens is 1. The number of carbonyl (C=O) groups excluding carboxylic acids is 2. The lowest BCUT2D eigenvalue weighted by atomic mass is 9.99. The zero-order chi connectivity index (χ0) is 23.6. The molecule has 6 nitrogen and oxygen atoms in total. The number of amides is 2. The number of hydrogen-bond donors (Lipinski definition) is 3. The van der Waals surface area contributed by atoms with E-state index < -0.39 is 24.0 Å². The zero-order valence-electron chi connectivity index (χ0n) is 18.8. The summed E-state index contributed by atoms with van der Waals surface area (Å²) in [5, 5.41) is 25.8. The Kier molecular flexibility index (Phi) is 11.8. The van der Waals surface area contributed by atoms with Gasteiger partial charge in [-0.15, -0.1) is 11.3 Å². The number of rotatable bonds is 11. The molecule has 0 spiro atoms. The minimum Gasteiger partial charge on any atom is -0.380 e. The van der Waals surface area contributed by atoms with Gasteiger partial charge in [-0.05, 0) is 62.8 Å². The van der Waals surface area contributed by atoms with Gasteiger partial charge in [0.05, 0.1) is 6.04 Å². The summed E-state index contributed by atoms with van der Waals surface area (Å²) in [7, 11) is 0. The van der Waals surface area contributed by atoms with Gasteiger partial charge in [-0.3, -0.25) is 9.59 Å². The van der Waals surface area contributed by atoms with Crippen LogP contribution in [0.4, 0.5) is 0 Å². The van der Waals surface area contributed by atoms with E-state index in [0.29, 0.717) is 18.0 Å². The summed E-state index contributed by atoms with van der Waals surface area (Å²) in [4.78, 5) is 27.9. The molecular weight excluding hydrogens is 436 g/mol. The number of aryl methyl sites for hydroxylation is 1. The van der Waals surface area contributed by atoms with Crippen LogP contribution in [0.25, 0.3) is 0 Å². The second kappa shape index (κ2) is 13.5. The van der Waals surface area contributed by atoms with Gasteiger partial charge < -0.3 is 20.4 Å². The standard InChI is InChI=1S/C23H33ClN2O4S/c1-6-10-17(12-18(24)7-2)19(8-3)26(9-4)23(30)21(28)20(27)22(29)25-13-16-11-15(5)31-14-16/h6-7,10-12,14,19-21,27-28H,8-9,13H2,1-5H3,(H,25,29)/b10-6-,17-12+,18-7+/t19-,20?,21?/m1/s1. The Morgan fingerprint density at radius 2 is 1.94 bits per heavy atom. The Hall–Kier alpha value is -1.93. The molecule has 0 radical (unpaired) electrons.